The van der Waals surface area contributed by atoms with E-state index in [2.05, 4.69) is 10.6 Å². The number of aldehydes is 1. The first kappa shape index (κ1) is 28.5. The van der Waals surface area contributed by atoms with E-state index in [1.54, 1.807) is 7.11 Å². The lowest BCUT2D eigenvalue weighted by molar-refractivity contribution is 0.0510. The van der Waals surface area contributed by atoms with Gasteiger partial charge in [-0.1, -0.05) is 84.9 Å². The Morgan fingerprint density at radius 2 is 1.36 bits per heavy atom. The number of rotatable bonds is 10. The molecule has 0 aliphatic heterocycles. The Labute approximate surface area is 255 Å². The Hall–Kier alpha value is -5.66. The number of methoxy groups -OCH3 is 1. The van der Waals surface area contributed by atoms with E-state index in [4.69, 9.17) is 14.2 Å². The molecule has 7 heteroatoms. The molecule has 0 spiro atoms. The molecule has 2 amide bonds. The number of amides is 2. The summed E-state index contributed by atoms with van der Waals surface area (Å²) < 4.78 is 17.8. The quantitative estimate of drug-likeness (QED) is 0.125. The summed E-state index contributed by atoms with van der Waals surface area (Å²) in [4.78, 5) is 24.9. The molecule has 0 aliphatic carbocycles. The van der Waals surface area contributed by atoms with Crippen LogP contribution in [0.5, 0.6) is 11.5 Å². The van der Waals surface area contributed by atoms with Gasteiger partial charge in [0.1, 0.15) is 18.1 Å². The fourth-order valence-corrected chi connectivity index (χ4v) is 5.30. The van der Waals surface area contributed by atoms with Crippen LogP contribution in [0.4, 0.5) is 16.2 Å². The number of benzene rings is 6. The number of urea groups is 1. The van der Waals surface area contributed by atoms with Gasteiger partial charge >= 0.3 is 6.03 Å². The molecule has 0 saturated heterocycles. The molecule has 0 aliphatic rings. The Kier molecular flexibility index (Phi) is 8.48. The van der Waals surface area contributed by atoms with E-state index in [1.165, 1.54) is 0 Å². The van der Waals surface area contributed by atoms with E-state index in [-0.39, 0.29) is 19.4 Å². The molecule has 218 valence electrons. The van der Waals surface area contributed by atoms with Crippen LogP contribution < -0.4 is 20.1 Å². The molecule has 6 rings (SSSR count). The van der Waals surface area contributed by atoms with Gasteiger partial charge in [0, 0.05) is 29.6 Å². The highest BCUT2D eigenvalue weighted by molar-refractivity contribution is 6.12. The maximum absolute atomic E-state index is 12.6. The van der Waals surface area contributed by atoms with Crippen molar-refractivity contribution in [3.05, 3.63) is 132 Å². The van der Waals surface area contributed by atoms with Gasteiger partial charge in [-0.05, 0) is 63.5 Å². The van der Waals surface area contributed by atoms with Crippen molar-refractivity contribution in [1.82, 2.24) is 0 Å². The van der Waals surface area contributed by atoms with Crippen molar-refractivity contribution in [2.45, 2.75) is 6.61 Å². The summed E-state index contributed by atoms with van der Waals surface area (Å²) >= 11 is 0. The molecule has 0 saturated carbocycles. The highest BCUT2D eigenvalue weighted by atomic mass is 16.7. The van der Waals surface area contributed by atoms with Crippen molar-refractivity contribution in [1.29, 1.82) is 0 Å². The van der Waals surface area contributed by atoms with Gasteiger partial charge in [0.2, 0.25) is 0 Å². The van der Waals surface area contributed by atoms with Crippen LogP contribution in [0.3, 0.4) is 0 Å². The number of hydrogen-bond acceptors (Lipinski definition) is 5. The van der Waals surface area contributed by atoms with Gasteiger partial charge in [0.15, 0.2) is 13.1 Å². The molecule has 0 aromatic heterocycles. The number of carbonyl (C=O) groups excluding carboxylic acids is 2. The maximum Gasteiger partial charge on any atom is 0.323 e. The summed E-state index contributed by atoms with van der Waals surface area (Å²) in [6.07, 6.45) is 0.805. The minimum absolute atomic E-state index is 0.0230. The van der Waals surface area contributed by atoms with Gasteiger partial charge in [-0.15, -0.1) is 0 Å². The molecule has 44 heavy (non-hydrogen) atoms. The Morgan fingerprint density at radius 1 is 0.682 bits per heavy atom. The molecule has 0 unspecified atom stereocenters. The van der Waals surface area contributed by atoms with Crippen molar-refractivity contribution in [2.24, 2.45) is 0 Å². The normalized spacial score (nSPS) is 10.8. The third-order valence-electron chi connectivity index (χ3n) is 7.23. The van der Waals surface area contributed by atoms with Gasteiger partial charge in [0.05, 0.1) is 5.56 Å². The molecule has 6 aromatic rings. The summed E-state index contributed by atoms with van der Waals surface area (Å²) in [5.74, 6) is 1.05. The zero-order chi connectivity index (χ0) is 30.3. The zero-order valence-electron chi connectivity index (χ0n) is 24.1. The van der Waals surface area contributed by atoms with Crippen LogP contribution >= 0.6 is 0 Å². The predicted molar refractivity (Wildman–Crippen MR) is 175 cm³/mol. The molecule has 7 nitrogen and oxygen atoms in total. The zero-order valence-corrected chi connectivity index (χ0v) is 24.1. The van der Waals surface area contributed by atoms with E-state index in [9.17, 15) is 9.59 Å². The van der Waals surface area contributed by atoms with Gasteiger partial charge in [-0.2, -0.15) is 0 Å². The first-order chi connectivity index (χ1) is 21.6. The predicted octanol–water partition coefficient (Wildman–Crippen LogP) is 8.68. The van der Waals surface area contributed by atoms with E-state index in [0.29, 0.717) is 28.4 Å². The molecule has 2 N–H and O–H groups in total. The number of carbonyl (C=O) groups is 2. The highest BCUT2D eigenvalue weighted by Gasteiger charge is 2.22. The molecular formula is C37H30N2O5. The molecular weight excluding hydrogens is 552 g/mol. The van der Waals surface area contributed by atoms with Crippen LogP contribution in [-0.2, 0) is 11.3 Å². The molecule has 0 atom stereocenters. The third kappa shape index (κ3) is 6.09. The number of ether oxygens (including phenoxy) is 3. The number of para-hydroxylation sites is 1. The smallest absolute Gasteiger partial charge is 0.323 e. The summed E-state index contributed by atoms with van der Waals surface area (Å²) in [6, 6.07) is 38.2. The number of nitrogens with one attached hydrogen (secondary N) is 2. The SMILES string of the molecule is COCOc1c(C=O)cc2ccccc2c1-c1c(OCc2cccc(NC(=O)Nc3ccccc3)c2)ccc2ccccc12. The average Bonchev–Trinajstić information content (AvgIpc) is 3.06. The second-order valence-corrected chi connectivity index (χ2v) is 10.2. The van der Waals surface area contributed by atoms with E-state index in [1.807, 2.05) is 121 Å². The second-order valence-electron chi connectivity index (χ2n) is 10.2. The first-order valence-corrected chi connectivity index (χ1v) is 14.1. The van der Waals surface area contributed by atoms with Gasteiger partial charge in [0.25, 0.3) is 0 Å². The van der Waals surface area contributed by atoms with Crippen molar-refractivity contribution in [3.8, 4) is 22.6 Å². The lowest BCUT2D eigenvalue weighted by Gasteiger charge is -2.21. The molecule has 6 aromatic carbocycles. The Morgan fingerprint density at radius 3 is 2.14 bits per heavy atom. The van der Waals surface area contributed by atoms with E-state index < -0.39 is 0 Å². The monoisotopic (exact) mass is 582 g/mol. The summed E-state index contributed by atoms with van der Waals surface area (Å²) in [5, 5.41) is 9.50. The highest BCUT2D eigenvalue weighted by Crippen LogP contribution is 2.47. The molecule has 0 fully saturated rings. The molecule has 0 bridgehead atoms. The summed E-state index contributed by atoms with van der Waals surface area (Å²) in [7, 11) is 1.54. The van der Waals surface area contributed by atoms with Crippen LogP contribution in [0.25, 0.3) is 32.7 Å². The fourth-order valence-electron chi connectivity index (χ4n) is 5.30. The van der Waals surface area contributed by atoms with E-state index >= 15 is 0 Å². The Bertz CT molecular complexity index is 1960. The number of fused-ring (bicyclic) bond motifs is 2. The van der Waals surface area contributed by atoms with Crippen molar-refractivity contribution >= 4 is 45.2 Å². The minimum Gasteiger partial charge on any atom is -0.488 e. The topological polar surface area (TPSA) is 85.9 Å². The summed E-state index contributed by atoms with van der Waals surface area (Å²) in [6.45, 7) is 0.214. The first-order valence-electron chi connectivity index (χ1n) is 14.1. The van der Waals surface area contributed by atoms with Crippen molar-refractivity contribution < 1.29 is 23.8 Å². The molecule has 0 radical (unpaired) electrons. The largest absolute Gasteiger partial charge is 0.488 e. The standard InChI is InChI=1S/C37H30N2O5/c1-42-24-44-36-28(22-40)21-27-12-6-8-17-32(27)35(36)34-31-16-7-5-11-26(31)18-19-33(34)43-23-25-10-9-15-30(20-25)39-37(41)38-29-13-3-2-4-14-29/h2-22H,23-24H2,1H3,(H2,38,39,41). The van der Waals surface area contributed by atoms with Crippen molar-refractivity contribution in [2.75, 3.05) is 24.5 Å². The summed E-state index contributed by atoms with van der Waals surface area (Å²) in [5.41, 5.74) is 4.19. The maximum atomic E-state index is 12.6. The molecule has 0 heterocycles. The van der Waals surface area contributed by atoms with Crippen LogP contribution in [0.2, 0.25) is 0 Å². The minimum atomic E-state index is -0.336. The Balaban J connectivity index is 1.38. The van der Waals surface area contributed by atoms with Crippen LogP contribution in [0, 0.1) is 0 Å². The van der Waals surface area contributed by atoms with E-state index in [0.717, 1.165) is 44.5 Å². The number of hydrogen-bond donors (Lipinski definition) is 2. The lowest BCUT2D eigenvalue weighted by Crippen LogP contribution is -2.19. The van der Waals surface area contributed by atoms with Crippen LogP contribution in [0.15, 0.2) is 121 Å². The van der Waals surface area contributed by atoms with Crippen LogP contribution in [-0.4, -0.2) is 26.2 Å². The van der Waals surface area contributed by atoms with Gasteiger partial charge < -0.3 is 24.8 Å². The van der Waals surface area contributed by atoms with Gasteiger partial charge in [-0.3, -0.25) is 4.79 Å². The van der Waals surface area contributed by atoms with Crippen LogP contribution in [0.1, 0.15) is 15.9 Å². The lowest BCUT2D eigenvalue weighted by atomic mass is 9.90. The third-order valence-corrected chi connectivity index (χ3v) is 7.23. The number of anilines is 2. The average molecular weight is 583 g/mol. The van der Waals surface area contributed by atoms with Gasteiger partial charge in [-0.25, -0.2) is 4.79 Å². The van der Waals surface area contributed by atoms with Crippen molar-refractivity contribution in [3.63, 3.8) is 0 Å². The fraction of sp³-hybridized carbons (Fsp3) is 0.0811. The second kappa shape index (κ2) is 13.1.